The maximum Gasteiger partial charge on any atom is 0.446 e. The van der Waals surface area contributed by atoms with Gasteiger partial charge in [0.2, 0.25) is 6.29 Å². The number of piperidine rings is 1. The monoisotopic (exact) mass is 585 g/mol. The smallest absolute Gasteiger partial charge is 0.446 e. The number of aldehydes is 1. The molecule has 1 saturated heterocycles. The maximum atomic E-state index is 12.8. The number of carboxylic acids is 1. The maximum absolute atomic E-state index is 12.8. The van der Waals surface area contributed by atoms with Crippen LogP contribution < -0.4 is 9.47 Å². The van der Waals surface area contributed by atoms with E-state index in [0.29, 0.717) is 24.3 Å². The van der Waals surface area contributed by atoms with Gasteiger partial charge in [-0.3, -0.25) is 14.4 Å². The Bertz CT molecular complexity index is 1280. The van der Waals surface area contributed by atoms with Crippen molar-refractivity contribution in [3.05, 3.63) is 35.1 Å². The molecule has 0 unspecified atom stereocenters. The van der Waals surface area contributed by atoms with Crippen molar-refractivity contribution in [2.75, 3.05) is 20.7 Å². The Morgan fingerprint density at radius 2 is 1.95 bits per heavy atom. The average molecular weight is 586 g/mol. The van der Waals surface area contributed by atoms with Crippen LogP contribution in [0.3, 0.4) is 0 Å². The van der Waals surface area contributed by atoms with E-state index < -0.39 is 53.6 Å². The highest BCUT2D eigenvalue weighted by Gasteiger charge is 2.72. The number of aliphatic carboxylic acids is 1. The van der Waals surface area contributed by atoms with Crippen LogP contribution in [0.15, 0.2) is 24.0 Å². The third-order valence-corrected chi connectivity index (χ3v) is 8.09. The van der Waals surface area contributed by atoms with Gasteiger partial charge < -0.3 is 34.1 Å². The van der Waals surface area contributed by atoms with Gasteiger partial charge in [0, 0.05) is 18.0 Å². The van der Waals surface area contributed by atoms with Crippen molar-refractivity contribution in [3.8, 4) is 11.5 Å². The molecule has 2 bridgehead atoms. The summed E-state index contributed by atoms with van der Waals surface area (Å²) in [7, 11) is 3.57. The number of halogens is 3. The molecule has 2 N–H and O–H groups in total. The van der Waals surface area contributed by atoms with Gasteiger partial charge in [-0.2, -0.15) is 13.2 Å². The van der Waals surface area contributed by atoms with E-state index in [9.17, 15) is 32.7 Å². The number of alkyl halides is 3. The molecule has 2 heterocycles. The van der Waals surface area contributed by atoms with E-state index in [1.54, 1.807) is 13.2 Å². The molecule has 1 fully saturated rings. The van der Waals surface area contributed by atoms with Crippen LogP contribution in [-0.2, 0) is 40.5 Å². The molecule has 5 rings (SSSR count). The standard InChI is InChI=1S/C25H29NO9.C2HF3O/c1-13(33-19(29)7-6-18(27)28)23(30)34-16-8-9-25(31)17-12-14-4-5-15(32-3)21-20(14)24(25,22(16)35-21)10-11-26(17)2;3-2(4,5)1-6/h4-5,8,13,17,22,31H,6-7,9-12H2,1-3H3,(H,27,28);1H/t13-,17+,22-,24-,25+;/m0./s1. The van der Waals surface area contributed by atoms with Gasteiger partial charge in [-0.25, -0.2) is 4.79 Å². The predicted octanol–water partition coefficient (Wildman–Crippen LogP) is 2.06. The third-order valence-electron chi connectivity index (χ3n) is 8.09. The van der Waals surface area contributed by atoms with Crippen molar-refractivity contribution in [2.24, 2.45) is 0 Å². The van der Waals surface area contributed by atoms with Crippen molar-refractivity contribution in [2.45, 2.75) is 74.5 Å². The number of nitrogens with zero attached hydrogens (tertiary/aromatic N) is 1. The minimum Gasteiger partial charge on any atom is -0.493 e. The zero-order chi connectivity index (χ0) is 30.3. The van der Waals surface area contributed by atoms with E-state index in [2.05, 4.69) is 4.90 Å². The van der Waals surface area contributed by atoms with E-state index in [1.807, 2.05) is 19.2 Å². The number of aliphatic hydroxyl groups is 1. The highest BCUT2D eigenvalue weighted by atomic mass is 19.4. The number of esters is 2. The second-order valence-electron chi connectivity index (χ2n) is 10.4. The van der Waals surface area contributed by atoms with Gasteiger partial charge in [-0.1, -0.05) is 6.07 Å². The lowest BCUT2D eigenvalue weighted by molar-refractivity contribution is -0.175. The normalized spacial score (nSPS) is 28.0. The van der Waals surface area contributed by atoms with Gasteiger partial charge in [0.1, 0.15) is 5.76 Å². The molecule has 224 valence electrons. The van der Waals surface area contributed by atoms with E-state index >= 15 is 0 Å². The Hall–Kier alpha value is -3.65. The second kappa shape index (κ2) is 11.0. The summed E-state index contributed by atoms with van der Waals surface area (Å²) in [5.74, 6) is -1.34. The number of likely N-dealkylation sites (N-methyl/N-ethyl adjacent to an activating group) is 1. The lowest BCUT2D eigenvalue weighted by atomic mass is 9.50. The minimum absolute atomic E-state index is 0.128. The molecule has 0 saturated carbocycles. The Kier molecular flexibility index (Phi) is 8.11. The predicted molar refractivity (Wildman–Crippen MR) is 132 cm³/mol. The van der Waals surface area contributed by atoms with Crippen molar-refractivity contribution < 1.29 is 61.5 Å². The van der Waals surface area contributed by atoms with Crippen LogP contribution in [0.4, 0.5) is 13.2 Å². The zero-order valence-electron chi connectivity index (χ0n) is 22.5. The van der Waals surface area contributed by atoms with E-state index in [-0.39, 0.29) is 31.1 Å². The molecular formula is C27H30F3NO10. The molecular weight excluding hydrogens is 555 g/mol. The lowest BCUT2D eigenvalue weighted by Gasteiger charge is -2.61. The van der Waals surface area contributed by atoms with Gasteiger partial charge in [-0.15, -0.1) is 0 Å². The average Bonchev–Trinajstić information content (AvgIpc) is 3.26. The molecule has 4 aliphatic rings. The van der Waals surface area contributed by atoms with E-state index in [1.165, 1.54) is 6.92 Å². The Morgan fingerprint density at radius 1 is 1.27 bits per heavy atom. The number of carboxylic acid groups (broad SMARTS) is 1. The summed E-state index contributed by atoms with van der Waals surface area (Å²) >= 11 is 0. The lowest BCUT2D eigenvalue weighted by Crippen LogP contribution is -2.74. The molecule has 0 aromatic heterocycles. The van der Waals surface area contributed by atoms with Crippen molar-refractivity contribution in [3.63, 3.8) is 0 Å². The summed E-state index contributed by atoms with van der Waals surface area (Å²) < 4.78 is 54.0. The molecule has 5 atom stereocenters. The SMILES string of the molecule is COc1ccc2c3c1O[C@H]1C(OC(=O)[C@H](C)OC(=O)CCC(=O)O)=CC[C@@]4(O)[C@@H](C2)N(C)CC[C@]314.O=CC(F)(F)F. The van der Waals surface area contributed by atoms with E-state index in [4.69, 9.17) is 28.8 Å². The van der Waals surface area contributed by atoms with Crippen LogP contribution in [0.2, 0.25) is 0 Å². The first-order valence-electron chi connectivity index (χ1n) is 12.8. The van der Waals surface area contributed by atoms with Crippen LogP contribution in [0.25, 0.3) is 0 Å². The number of ether oxygens (including phenoxy) is 4. The van der Waals surface area contributed by atoms with Crippen LogP contribution in [0.1, 0.15) is 43.7 Å². The van der Waals surface area contributed by atoms with Gasteiger partial charge in [-0.05, 0) is 51.1 Å². The van der Waals surface area contributed by atoms with Crippen molar-refractivity contribution in [1.29, 1.82) is 0 Å². The van der Waals surface area contributed by atoms with Crippen molar-refractivity contribution in [1.82, 2.24) is 4.90 Å². The van der Waals surface area contributed by atoms with Crippen LogP contribution in [0, 0.1) is 0 Å². The number of benzene rings is 1. The van der Waals surface area contributed by atoms with Crippen LogP contribution >= 0.6 is 0 Å². The van der Waals surface area contributed by atoms with Crippen LogP contribution in [0.5, 0.6) is 11.5 Å². The quantitative estimate of drug-likeness (QED) is 0.358. The summed E-state index contributed by atoms with van der Waals surface area (Å²) in [6, 6.07) is 3.74. The van der Waals surface area contributed by atoms with E-state index in [0.717, 1.165) is 17.7 Å². The van der Waals surface area contributed by atoms with Gasteiger partial charge in [0.15, 0.2) is 23.7 Å². The van der Waals surface area contributed by atoms with Gasteiger partial charge in [0.05, 0.1) is 31.0 Å². The highest BCUT2D eigenvalue weighted by Crippen LogP contribution is 2.65. The number of rotatable bonds is 7. The Balaban J connectivity index is 0.000000585. The first-order valence-corrected chi connectivity index (χ1v) is 12.8. The summed E-state index contributed by atoms with van der Waals surface area (Å²) in [6.07, 6.45) is -5.18. The molecule has 2 aliphatic heterocycles. The first kappa shape index (κ1) is 30.3. The minimum atomic E-state index is -4.64. The number of likely N-dealkylation sites (tertiary alicyclic amines) is 1. The molecule has 14 heteroatoms. The third kappa shape index (κ3) is 5.25. The second-order valence-corrected chi connectivity index (χ2v) is 10.4. The van der Waals surface area contributed by atoms with Gasteiger partial charge >= 0.3 is 24.1 Å². The molecule has 2 aliphatic carbocycles. The van der Waals surface area contributed by atoms with Crippen LogP contribution in [-0.4, -0.2) is 90.0 Å². The number of hydrogen-bond donors (Lipinski definition) is 2. The topological polar surface area (TPSA) is 149 Å². The molecule has 11 nitrogen and oxygen atoms in total. The zero-order valence-corrected chi connectivity index (χ0v) is 22.5. The molecule has 1 aromatic carbocycles. The summed E-state index contributed by atoms with van der Waals surface area (Å²) in [5, 5.41) is 20.9. The summed E-state index contributed by atoms with van der Waals surface area (Å²) in [5.41, 5.74) is 0.0642. The molecule has 0 amide bonds. The van der Waals surface area contributed by atoms with Crippen molar-refractivity contribution >= 4 is 24.2 Å². The Morgan fingerprint density at radius 3 is 2.56 bits per heavy atom. The number of hydrogen-bond acceptors (Lipinski definition) is 10. The fourth-order valence-electron chi connectivity index (χ4n) is 6.30. The molecule has 0 radical (unpaired) electrons. The fraction of sp³-hybridized carbons (Fsp3) is 0.556. The fourth-order valence-corrected chi connectivity index (χ4v) is 6.30. The summed E-state index contributed by atoms with van der Waals surface area (Å²) in [4.78, 5) is 46.2. The molecule has 41 heavy (non-hydrogen) atoms. The number of carbonyl (C=O) groups excluding carboxylic acids is 3. The first-order chi connectivity index (χ1) is 19.2. The Labute approximate surface area is 232 Å². The number of methoxy groups -OCH3 is 1. The molecule has 1 aromatic rings. The van der Waals surface area contributed by atoms with Gasteiger partial charge in [0.25, 0.3) is 0 Å². The number of carbonyl (C=O) groups is 4. The molecule has 1 spiro atoms. The largest absolute Gasteiger partial charge is 0.493 e. The summed E-state index contributed by atoms with van der Waals surface area (Å²) in [6.45, 7) is 2.11. The highest BCUT2D eigenvalue weighted by molar-refractivity contribution is 5.81.